The van der Waals surface area contributed by atoms with Crippen molar-refractivity contribution in [1.82, 2.24) is 5.32 Å². The van der Waals surface area contributed by atoms with Gasteiger partial charge in [-0.1, -0.05) is 29.3 Å². The van der Waals surface area contributed by atoms with Crippen LogP contribution < -0.4 is 5.32 Å². The molecule has 1 aromatic heterocycles. The molecule has 0 aliphatic carbocycles. The fourth-order valence-corrected chi connectivity index (χ4v) is 1.91. The Kier molecular flexibility index (Phi) is 3.42. The lowest BCUT2D eigenvalue weighted by molar-refractivity contribution is 0.483. The van der Waals surface area contributed by atoms with Gasteiger partial charge >= 0.3 is 0 Å². The van der Waals surface area contributed by atoms with E-state index in [2.05, 4.69) is 37.4 Å². The van der Waals surface area contributed by atoms with E-state index in [-0.39, 0.29) is 0 Å². The Balaban J connectivity index is 1.89. The molecule has 0 aliphatic heterocycles. The van der Waals surface area contributed by atoms with Gasteiger partial charge in [0, 0.05) is 6.54 Å². The maximum absolute atomic E-state index is 5.26. The van der Waals surface area contributed by atoms with Crippen LogP contribution in [0.4, 0.5) is 0 Å². The van der Waals surface area contributed by atoms with Crippen LogP contribution in [-0.2, 0) is 13.1 Å². The van der Waals surface area contributed by atoms with E-state index in [0.29, 0.717) is 0 Å². The van der Waals surface area contributed by atoms with Crippen molar-refractivity contribution < 1.29 is 4.42 Å². The van der Waals surface area contributed by atoms with Gasteiger partial charge in [-0.05, 0) is 31.5 Å². The van der Waals surface area contributed by atoms with Crippen molar-refractivity contribution in [1.29, 1.82) is 0 Å². The first-order valence-electron chi connectivity index (χ1n) is 5.54. The molecule has 0 radical (unpaired) electrons. The Bertz CT molecular complexity index is 426. The Morgan fingerprint density at radius 2 is 1.81 bits per heavy atom. The largest absolute Gasteiger partial charge is 0.468 e. The zero-order valence-corrected chi connectivity index (χ0v) is 9.79. The van der Waals surface area contributed by atoms with Crippen LogP contribution in [0, 0.1) is 13.8 Å². The van der Waals surface area contributed by atoms with Gasteiger partial charge in [-0.25, -0.2) is 0 Å². The second kappa shape index (κ2) is 4.99. The molecule has 0 saturated carbocycles. The molecule has 0 aliphatic rings. The van der Waals surface area contributed by atoms with Gasteiger partial charge in [0.05, 0.1) is 12.8 Å². The summed E-state index contributed by atoms with van der Waals surface area (Å²) in [6.07, 6.45) is 1.70. The smallest absolute Gasteiger partial charge is 0.117 e. The van der Waals surface area contributed by atoms with Crippen LogP contribution in [0.25, 0.3) is 0 Å². The van der Waals surface area contributed by atoms with Crippen LogP contribution in [0.3, 0.4) is 0 Å². The first-order chi connectivity index (χ1) is 7.74. The number of furan rings is 1. The number of hydrogen-bond acceptors (Lipinski definition) is 2. The average molecular weight is 215 g/mol. The fourth-order valence-electron chi connectivity index (χ4n) is 1.91. The predicted octanol–water partition coefficient (Wildman–Crippen LogP) is 3.19. The van der Waals surface area contributed by atoms with Crippen molar-refractivity contribution in [2.45, 2.75) is 26.9 Å². The number of aryl methyl sites for hydroxylation is 2. The third-order valence-electron chi connectivity index (χ3n) is 2.49. The summed E-state index contributed by atoms with van der Waals surface area (Å²) in [4.78, 5) is 0. The highest BCUT2D eigenvalue weighted by Gasteiger charge is 1.97. The summed E-state index contributed by atoms with van der Waals surface area (Å²) in [6.45, 7) is 5.91. The lowest BCUT2D eigenvalue weighted by Gasteiger charge is -2.05. The normalized spacial score (nSPS) is 10.6. The SMILES string of the molecule is Cc1cc(C)cc(CNCc2ccco2)c1. The van der Waals surface area contributed by atoms with Crippen molar-refractivity contribution in [2.75, 3.05) is 0 Å². The molecular formula is C14H17NO. The minimum atomic E-state index is 0.778. The lowest BCUT2D eigenvalue weighted by atomic mass is 10.1. The summed E-state index contributed by atoms with van der Waals surface area (Å²) < 4.78 is 5.26. The van der Waals surface area contributed by atoms with E-state index in [9.17, 15) is 0 Å². The summed E-state index contributed by atoms with van der Waals surface area (Å²) in [5.74, 6) is 0.976. The highest BCUT2D eigenvalue weighted by atomic mass is 16.3. The number of hydrogen-bond donors (Lipinski definition) is 1. The summed E-state index contributed by atoms with van der Waals surface area (Å²) >= 11 is 0. The standard InChI is InChI=1S/C14H17NO/c1-11-6-12(2)8-13(7-11)9-15-10-14-4-3-5-16-14/h3-8,15H,9-10H2,1-2H3. The van der Waals surface area contributed by atoms with Crippen LogP contribution in [-0.4, -0.2) is 0 Å². The van der Waals surface area contributed by atoms with Crippen LogP contribution >= 0.6 is 0 Å². The molecule has 1 heterocycles. The molecule has 1 aromatic carbocycles. The predicted molar refractivity (Wildman–Crippen MR) is 65.2 cm³/mol. The molecule has 2 rings (SSSR count). The molecule has 2 heteroatoms. The monoisotopic (exact) mass is 215 g/mol. The fraction of sp³-hybridized carbons (Fsp3) is 0.286. The molecule has 2 nitrogen and oxygen atoms in total. The molecule has 0 unspecified atom stereocenters. The van der Waals surface area contributed by atoms with Crippen molar-refractivity contribution in [3.05, 3.63) is 59.0 Å². The van der Waals surface area contributed by atoms with Gasteiger partial charge in [-0.2, -0.15) is 0 Å². The van der Waals surface area contributed by atoms with Crippen LogP contribution in [0.5, 0.6) is 0 Å². The number of nitrogens with one attached hydrogen (secondary N) is 1. The molecule has 0 fully saturated rings. The van der Waals surface area contributed by atoms with E-state index in [4.69, 9.17) is 4.42 Å². The highest BCUT2D eigenvalue weighted by Crippen LogP contribution is 2.09. The Labute approximate surface area is 96.3 Å². The third kappa shape index (κ3) is 2.97. The van der Waals surface area contributed by atoms with Crippen LogP contribution in [0.1, 0.15) is 22.5 Å². The topological polar surface area (TPSA) is 25.2 Å². The van der Waals surface area contributed by atoms with Crippen molar-refractivity contribution >= 4 is 0 Å². The van der Waals surface area contributed by atoms with E-state index in [1.165, 1.54) is 16.7 Å². The van der Waals surface area contributed by atoms with Gasteiger partial charge in [0.1, 0.15) is 5.76 Å². The highest BCUT2D eigenvalue weighted by molar-refractivity contribution is 5.28. The summed E-state index contributed by atoms with van der Waals surface area (Å²) in [5, 5.41) is 3.36. The van der Waals surface area contributed by atoms with Gasteiger partial charge < -0.3 is 9.73 Å². The first-order valence-corrected chi connectivity index (χ1v) is 5.54. The van der Waals surface area contributed by atoms with E-state index < -0.39 is 0 Å². The quantitative estimate of drug-likeness (QED) is 0.847. The van der Waals surface area contributed by atoms with Gasteiger partial charge in [-0.15, -0.1) is 0 Å². The van der Waals surface area contributed by atoms with Crippen molar-refractivity contribution in [3.63, 3.8) is 0 Å². The van der Waals surface area contributed by atoms with Crippen molar-refractivity contribution in [3.8, 4) is 0 Å². The molecular weight excluding hydrogens is 198 g/mol. The van der Waals surface area contributed by atoms with Gasteiger partial charge in [0.2, 0.25) is 0 Å². The molecule has 0 saturated heterocycles. The second-order valence-corrected chi connectivity index (χ2v) is 4.18. The van der Waals surface area contributed by atoms with Gasteiger partial charge in [-0.3, -0.25) is 0 Å². The Morgan fingerprint density at radius 3 is 2.44 bits per heavy atom. The second-order valence-electron chi connectivity index (χ2n) is 4.18. The van der Waals surface area contributed by atoms with Gasteiger partial charge in [0.25, 0.3) is 0 Å². The minimum absolute atomic E-state index is 0.778. The maximum Gasteiger partial charge on any atom is 0.117 e. The van der Waals surface area contributed by atoms with Crippen LogP contribution in [0.15, 0.2) is 41.0 Å². The Morgan fingerprint density at radius 1 is 1.06 bits per heavy atom. The first kappa shape index (κ1) is 11.0. The number of rotatable bonds is 4. The lowest BCUT2D eigenvalue weighted by Crippen LogP contribution is -2.12. The van der Waals surface area contributed by atoms with E-state index >= 15 is 0 Å². The van der Waals surface area contributed by atoms with Crippen LogP contribution in [0.2, 0.25) is 0 Å². The molecule has 0 bridgehead atoms. The zero-order valence-electron chi connectivity index (χ0n) is 9.79. The minimum Gasteiger partial charge on any atom is -0.468 e. The molecule has 0 spiro atoms. The molecule has 84 valence electrons. The number of benzene rings is 1. The summed E-state index contributed by atoms with van der Waals surface area (Å²) in [6, 6.07) is 10.5. The maximum atomic E-state index is 5.26. The van der Waals surface area contributed by atoms with Gasteiger partial charge in [0.15, 0.2) is 0 Å². The van der Waals surface area contributed by atoms with E-state index in [1.54, 1.807) is 6.26 Å². The Hall–Kier alpha value is -1.54. The molecule has 0 amide bonds. The summed E-state index contributed by atoms with van der Waals surface area (Å²) in [7, 11) is 0. The third-order valence-corrected chi connectivity index (χ3v) is 2.49. The average Bonchev–Trinajstić information content (AvgIpc) is 2.69. The molecule has 16 heavy (non-hydrogen) atoms. The van der Waals surface area contributed by atoms with E-state index in [1.807, 2.05) is 12.1 Å². The van der Waals surface area contributed by atoms with Crippen molar-refractivity contribution in [2.24, 2.45) is 0 Å². The molecule has 1 N–H and O–H groups in total. The molecule has 2 aromatic rings. The molecule has 0 atom stereocenters. The summed E-state index contributed by atoms with van der Waals surface area (Å²) in [5.41, 5.74) is 3.95. The van der Waals surface area contributed by atoms with E-state index in [0.717, 1.165) is 18.8 Å². The zero-order chi connectivity index (χ0) is 11.4.